The first kappa shape index (κ1) is 15.1. The Kier molecular flexibility index (Phi) is 3.58. The minimum Gasteiger partial charge on any atom is -0.360 e. The number of nitriles is 1. The molecule has 7 heteroatoms. The van der Waals surface area contributed by atoms with E-state index in [2.05, 4.69) is 16.2 Å². The van der Waals surface area contributed by atoms with E-state index in [0.29, 0.717) is 18.8 Å². The molecular weight excluding hydrogens is 316 g/mol. The molecule has 0 unspecified atom stereocenters. The molecule has 1 aliphatic rings. The third-order valence-corrected chi connectivity index (χ3v) is 4.37. The Labute approximate surface area is 144 Å². The Bertz CT molecular complexity index is 1000. The van der Waals surface area contributed by atoms with Gasteiger partial charge < -0.3 is 9.80 Å². The number of hydrogen-bond acceptors (Lipinski definition) is 5. The average molecular weight is 332 g/mol. The first-order chi connectivity index (χ1) is 12.2. The van der Waals surface area contributed by atoms with Gasteiger partial charge in [0.25, 0.3) is 0 Å². The quantitative estimate of drug-likeness (QED) is 0.714. The van der Waals surface area contributed by atoms with E-state index in [9.17, 15) is 10.1 Å². The lowest BCUT2D eigenvalue weighted by Gasteiger charge is -2.35. The fourth-order valence-electron chi connectivity index (χ4n) is 3.18. The van der Waals surface area contributed by atoms with E-state index in [1.807, 2.05) is 42.4 Å². The predicted molar refractivity (Wildman–Crippen MR) is 94.2 cm³/mol. The molecule has 0 atom stereocenters. The van der Waals surface area contributed by atoms with Gasteiger partial charge in [0.1, 0.15) is 11.8 Å². The third-order valence-electron chi connectivity index (χ3n) is 4.37. The highest BCUT2D eigenvalue weighted by atomic mass is 16.2. The number of aromatic nitrogens is 3. The maximum Gasteiger partial charge on any atom is 0.246 e. The molecule has 0 aliphatic carbocycles. The summed E-state index contributed by atoms with van der Waals surface area (Å²) in [5.74, 6) is 0.0126. The Morgan fingerprint density at radius 3 is 2.80 bits per heavy atom. The molecule has 1 amide bonds. The van der Waals surface area contributed by atoms with E-state index in [1.165, 1.54) is 0 Å². The number of amides is 1. The van der Waals surface area contributed by atoms with Gasteiger partial charge >= 0.3 is 0 Å². The summed E-state index contributed by atoms with van der Waals surface area (Å²) in [6.07, 6.45) is 3.53. The fraction of sp³-hybridized carbons (Fsp3) is 0.222. The lowest BCUT2D eigenvalue weighted by Crippen LogP contribution is -2.50. The molecule has 3 aromatic rings. The van der Waals surface area contributed by atoms with Crippen LogP contribution in [0.3, 0.4) is 0 Å². The highest BCUT2D eigenvalue weighted by Gasteiger charge is 2.27. The number of para-hydroxylation sites is 1. The molecule has 1 aromatic carbocycles. The highest BCUT2D eigenvalue weighted by molar-refractivity contribution is 6.00. The van der Waals surface area contributed by atoms with Crippen molar-refractivity contribution in [2.75, 3.05) is 29.4 Å². The van der Waals surface area contributed by atoms with Crippen molar-refractivity contribution >= 4 is 28.2 Å². The van der Waals surface area contributed by atoms with Crippen molar-refractivity contribution in [2.24, 2.45) is 7.05 Å². The second kappa shape index (κ2) is 5.91. The number of aryl methyl sites for hydroxylation is 1. The van der Waals surface area contributed by atoms with Crippen LogP contribution < -0.4 is 9.80 Å². The van der Waals surface area contributed by atoms with Crippen LogP contribution in [0.2, 0.25) is 0 Å². The monoisotopic (exact) mass is 332 g/mol. The van der Waals surface area contributed by atoms with Gasteiger partial charge in [0.2, 0.25) is 5.91 Å². The molecule has 0 N–H and O–H groups in total. The van der Waals surface area contributed by atoms with Crippen LogP contribution in [0.4, 0.5) is 11.4 Å². The molecule has 1 fully saturated rings. The minimum absolute atomic E-state index is 0.0126. The Morgan fingerprint density at radius 1 is 1.24 bits per heavy atom. The number of benzene rings is 1. The number of pyridine rings is 1. The fourth-order valence-corrected chi connectivity index (χ4v) is 3.18. The number of nitrogens with zero attached hydrogens (tertiary/aromatic N) is 6. The second-order valence-electron chi connectivity index (χ2n) is 5.99. The first-order valence-electron chi connectivity index (χ1n) is 7.99. The molecule has 25 heavy (non-hydrogen) atoms. The number of anilines is 2. The zero-order chi connectivity index (χ0) is 17.4. The van der Waals surface area contributed by atoms with Crippen molar-refractivity contribution in [1.29, 1.82) is 5.26 Å². The van der Waals surface area contributed by atoms with Crippen LogP contribution >= 0.6 is 0 Å². The number of rotatable bonds is 2. The van der Waals surface area contributed by atoms with E-state index in [4.69, 9.17) is 0 Å². The largest absolute Gasteiger partial charge is 0.360 e. The molecule has 0 radical (unpaired) electrons. The average Bonchev–Trinajstić information content (AvgIpc) is 3.06. The summed E-state index contributed by atoms with van der Waals surface area (Å²) in [6.45, 7) is 1.51. The molecule has 1 aliphatic heterocycles. The van der Waals surface area contributed by atoms with Crippen LogP contribution in [0, 0.1) is 11.3 Å². The van der Waals surface area contributed by atoms with Gasteiger partial charge in [0.05, 0.1) is 23.9 Å². The van der Waals surface area contributed by atoms with E-state index < -0.39 is 0 Å². The lowest BCUT2D eigenvalue weighted by molar-refractivity contribution is -0.117. The van der Waals surface area contributed by atoms with Crippen molar-refractivity contribution in [3.05, 3.63) is 48.4 Å². The van der Waals surface area contributed by atoms with Gasteiger partial charge in [-0.1, -0.05) is 18.2 Å². The Balaban J connectivity index is 1.67. The zero-order valence-corrected chi connectivity index (χ0v) is 13.8. The number of carbonyl (C=O) groups excluding carboxylic acids is 1. The van der Waals surface area contributed by atoms with Crippen LogP contribution in [0.15, 0.2) is 42.7 Å². The summed E-state index contributed by atoms with van der Waals surface area (Å²) in [4.78, 5) is 20.7. The van der Waals surface area contributed by atoms with Crippen LogP contribution in [0.25, 0.3) is 10.9 Å². The molecule has 4 rings (SSSR count). The smallest absolute Gasteiger partial charge is 0.246 e. The van der Waals surface area contributed by atoms with Gasteiger partial charge in [-0.25, -0.2) is 4.98 Å². The summed E-state index contributed by atoms with van der Waals surface area (Å²) in [5.41, 5.74) is 2.81. The van der Waals surface area contributed by atoms with Gasteiger partial charge in [-0.05, 0) is 12.1 Å². The second-order valence-corrected chi connectivity index (χ2v) is 5.99. The van der Waals surface area contributed by atoms with Crippen molar-refractivity contribution < 1.29 is 4.79 Å². The molecule has 1 saturated heterocycles. The summed E-state index contributed by atoms with van der Waals surface area (Å²) in [6, 6.07) is 11.5. The van der Waals surface area contributed by atoms with Crippen molar-refractivity contribution in [3.63, 3.8) is 0 Å². The van der Waals surface area contributed by atoms with E-state index in [1.54, 1.807) is 21.8 Å². The molecule has 2 aromatic heterocycles. The van der Waals surface area contributed by atoms with Crippen LogP contribution in [0.5, 0.6) is 0 Å². The van der Waals surface area contributed by atoms with E-state index in [-0.39, 0.29) is 12.5 Å². The van der Waals surface area contributed by atoms with E-state index >= 15 is 0 Å². The summed E-state index contributed by atoms with van der Waals surface area (Å²) < 4.78 is 1.69. The molecule has 7 nitrogen and oxygen atoms in total. The normalized spacial score (nSPS) is 14.8. The SMILES string of the molecule is Cn1cc(N2CCN(c3cc(C#N)nc4ccccc34)CC2=O)cn1. The van der Waals surface area contributed by atoms with Gasteiger partial charge in [-0.15, -0.1) is 0 Å². The summed E-state index contributed by atoms with van der Waals surface area (Å²) in [5, 5.41) is 14.3. The lowest BCUT2D eigenvalue weighted by atomic mass is 10.1. The van der Waals surface area contributed by atoms with Crippen LogP contribution in [-0.2, 0) is 11.8 Å². The standard InChI is InChI=1S/C18H16N6O/c1-22-11-14(10-20-22)24-7-6-23(12-18(24)25)17-8-13(9-19)21-16-5-3-2-4-15(16)17/h2-5,8,10-11H,6-7,12H2,1H3. The molecule has 124 valence electrons. The van der Waals surface area contributed by atoms with Gasteiger partial charge in [-0.3, -0.25) is 9.48 Å². The highest BCUT2D eigenvalue weighted by Crippen LogP contribution is 2.28. The molecular formula is C18H16N6O. The van der Waals surface area contributed by atoms with Gasteiger partial charge in [0, 0.05) is 37.4 Å². The molecule has 3 heterocycles. The topological polar surface area (TPSA) is 78.0 Å². The first-order valence-corrected chi connectivity index (χ1v) is 7.99. The molecule has 0 spiro atoms. The molecule has 0 saturated carbocycles. The molecule has 0 bridgehead atoms. The number of piperazine rings is 1. The van der Waals surface area contributed by atoms with Crippen LogP contribution in [0.1, 0.15) is 5.69 Å². The number of carbonyl (C=O) groups is 1. The summed E-state index contributed by atoms with van der Waals surface area (Å²) in [7, 11) is 1.83. The Hall–Kier alpha value is -3.40. The summed E-state index contributed by atoms with van der Waals surface area (Å²) >= 11 is 0. The zero-order valence-electron chi connectivity index (χ0n) is 13.8. The predicted octanol–water partition coefficient (Wildman–Crippen LogP) is 1.69. The van der Waals surface area contributed by atoms with Gasteiger partial charge in [-0.2, -0.15) is 10.4 Å². The maximum atomic E-state index is 12.6. The minimum atomic E-state index is 0.0126. The Morgan fingerprint density at radius 2 is 2.08 bits per heavy atom. The van der Waals surface area contributed by atoms with E-state index in [0.717, 1.165) is 22.3 Å². The third kappa shape index (κ3) is 2.68. The van der Waals surface area contributed by atoms with Crippen molar-refractivity contribution in [2.45, 2.75) is 0 Å². The van der Waals surface area contributed by atoms with Crippen molar-refractivity contribution in [1.82, 2.24) is 14.8 Å². The number of hydrogen-bond donors (Lipinski definition) is 0. The number of fused-ring (bicyclic) bond motifs is 1. The van der Waals surface area contributed by atoms with Crippen LogP contribution in [-0.4, -0.2) is 40.3 Å². The van der Waals surface area contributed by atoms with Crippen molar-refractivity contribution in [3.8, 4) is 6.07 Å². The maximum absolute atomic E-state index is 12.6. The van der Waals surface area contributed by atoms with Gasteiger partial charge in [0.15, 0.2) is 0 Å².